The van der Waals surface area contributed by atoms with Gasteiger partial charge in [-0.05, 0) is 12.1 Å². The standard InChI is InChI=1S/C15H10ClN3O2/c16-11-3-1-2-10(6-11)14(20)7-15(21)12-8-18-19-5-4-17-9-13(12)19/h1-6,8-9H,7H2. The minimum Gasteiger partial charge on any atom is -0.294 e. The van der Waals surface area contributed by atoms with Crippen LogP contribution in [0.1, 0.15) is 27.1 Å². The lowest BCUT2D eigenvalue weighted by Crippen LogP contribution is -2.08. The van der Waals surface area contributed by atoms with E-state index in [1.807, 2.05) is 0 Å². The van der Waals surface area contributed by atoms with Gasteiger partial charge in [-0.25, -0.2) is 4.52 Å². The molecule has 21 heavy (non-hydrogen) atoms. The highest BCUT2D eigenvalue weighted by Gasteiger charge is 2.17. The van der Waals surface area contributed by atoms with E-state index in [-0.39, 0.29) is 18.0 Å². The maximum Gasteiger partial charge on any atom is 0.174 e. The fourth-order valence-electron chi connectivity index (χ4n) is 2.05. The second-order valence-corrected chi connectivity index (χ2v) is 4.93. The largest absolute Gasteiger partial charge is 0.294 e. The van der Waals surface area contributed by atoms with E-state index in [4.69, 9.17) is 11.6 Å². The third-order valence-electron chi connectivity index (χ3n) is 3.09. The zero-order valence-electron chi connectivity index (χ0n) is 10.9. The molecule has 0 aliphatic heterocycles. The number of Topliss-reactive ketones (excluding diaryl/α,β-unsaturated/α-hetero) is 2. The SMILES string of the molecule is O=C(CC(=O)c1cnn2ccncc12)c1cccc(Cl)c1. The monoisotopic (exact) mass is 299 g/mol. The summed E-state index contributed by atoms with van der Waals surface area (Å²) in [5, 5.41) is 4.52. The van der Waals surface area contributed by atoms with E-state index in [1.165, 1.54) is 6.20 Å². The van der Waals surface area contributed by atoms with Crippen LogP contribution in [0, 0.1) is 0 Å². The fraction of sp³-hybridized carbons (Fsp3) is 0.0667. The van der Waals surface area contributed by atoms with Crippen LogP contribution in [0.4, 0.5) is 0 Å². The number of ketones is 2. The van der Waals surface area contributed by atoms with Crippen LogP contribution in [-0.2, 0) is 0 Å². The summed E-state index contributed by atoms with van der Waals surface area (Å²) in [6, 6.07) is 6.55. The summed E-state index contributed by atoms with van der Waals surface area (Å²) in [7, 11) is 0. The summed E-state index contributed by atoms with van der Waals surface area (Å²) in [6.45, 7) is 0. The van der Waals surface area contributed by atoms with Gasteiger partial charge in [-0.15, -0.1) is 0 Å². The number of fused-ring (bicyclic) bond motifs is 1. The van der Waals surface area contributed by atoms with E-state index in [2.05, 4.69) is 10.1 Å². The summed E-state index contributed by atoms with van der Waals surface area (Å²) < 4.78 is 1.55. The number of rotatable bonds is 4. The Morgan fingerprint density at radius 1 is 1.19 bits per heavy atom. The lowest BCUT2D eigenvalue weighted by Gasteiger charge is -2.01. The third kappa shape index (κ3) is 2.68. The van der Waals surface area contributed by atoms with Crippen molar-refractivity contribution >= 4 is 28.7 Å². The molecule has 0 N–H and O–H groups in total. The maximum absolute atomic E-state index is 12.3. The first kappa shape index (κ1) is 13.5. The van der Waals surface area contributed by atoms with Crippen LogP contribution in [0.15, 0.2) is 49.1 Å². The van der Waals surface area contributed by atoms with Crippen molar-refractivity contribution in [1.82, 2.24) is 14.6 Å². The molecule has 3 aromatic rings. The molecule has 0 radical (unpaired) electrons. The minimum atomic E-state index is -0.289. The molecule has 0 bridgehead atoms. The topological polar surface area (TPSA) is 64.3 Å². The lowest BCUT2D eigenvalue weighted by atomic mass is 10.0. The van der Waals surface area contributed by atoms with E-state index in [1.54, 1.807) is 47.4 Å². The molecule has 0 saturated carbocycles. The number of nitrogens with zero attached hydrogens (tertiary/aromatic N) is 3. The van der Waals surface area contributed by atoms with Crippen molar-refractivity contribution in [1.29, 1.82) is 0 Å². The van der Waals surface area contributed by atoms with Crippen molar-refractivity contribution in [3.05, 3.63) is 65.2 Å². The van der Waals surface area contributed by atoms with Crippen molar-refractivity contribution in [3.63, 3.8) is 0 Å². The average Bonchev–Trinajstić information content (AvgIpc) is 2.91. The minimum absolute atomic E-state index is 0.226. The van der Waals surface area contributed by atoms with Gasteiger partial charge in [0.1, 0.15) is 0 Å². The Balaban J connectivity index is 1.85. The fourth-order valence-corrected chi connectivity index (χ4v) is 2.24. The van der Waals surface area contributed by atoms with Crippen LogP contribution in [0.2, 0.25) is 5.02 Å². The highest BCUT2D eigenvalue weighted by molar-refractivity contribution is 6.31. The molecule has 0 unspecified atom stereocenters. The lowest BCUT2D eigenvalue weighted by molar-refractivity contribution is 0.0895. The molecule has 1 aromatic carbocycles. The van der Waals surface area contributed by atoms with Gasteiger partial charge in [-0.3, -0.25) is 14.6 Å². The predicted octanol–water partition coefficient (Wildman–Crippen LogP) is 2.84. The first-order valence-corrected chi connectivity index (χ1v) is 6.62. The molecule has 0 saturated heterocycles. The Bertz CT molecular complexity index is 842. The van der Waals surface area contributed by atoms with Crippen LogP contribution in [0.5, 0.6) is 0 Å². The van der Waals surface area contributed by atoms with Crippen molar-refractivity contribution in [2.45, 2.75) is 6.42 Å². The number of hydrogen-bond acceptors (Lipinski definition) is 4. The zero-order valence-corrected chi connectivity index (χ0v) is 11.6. The summed E-state index contributed by atoms with van der Waals surface area (Å²) in [6.07, 6.45) is 5.99. The van der Waals surface area contributed by atoms with Gasteiger partial charge in [0, 0.05) is 23.0 Å². The number of carbonyl (C=O) groups excluding carboxylic acids is 2. The summed E-state index contributed by atoms with van der Waals surface area (Å²) >= 11 is 5.84. The Hall–Kier alpha value is -2.53. The van der Waals surface area contributed by atoms with E-state index >= 15 is 0 Å². The predicted molar refractivity (Wildman–Crippen MR) is 77.7 cm³/mol. The summed E-state index contributed by atoms with van der Waals surface area (Å²) in [5.74, 6) is -0.561. The Morgan fingerprint density at radius 3 is 2.86 bits per heavy atom. The normalized spacial score (nSPS) is 10.7. The van der Waals surface area contributed by atoms with Crippen LogP contribution >= 0.6 is 11.6 Å². The molecule has 0 aliphatic carbocycles. The summed E-state index contributed by atoms with van der Waals surface area (Å²) in [5.41, 5.74) is 1.39. The van der Waals surface area contributed by atoms with Gasteiger partial charge in [-0.1, -0.05) is 23.7 Å². The molecule has 5 nitrogen and oxygen atoms in total. The van der Waals surface area contributed by atoms with E-state index in [0.717, 1.165) is 0 Å². The molecule has 104 valence electrons. The zero-order chi connectivity index (χ0) is 14.8. The Morgan fingerprint density at radius 2 is 2.05 bits per heavy atom. The van der Waals surface area contributed by atoms with Crippen molar-refractivity contribution in [2.75, 3.05) is 0 Å². The van der Waals surface area contributed by atoms with E-state index in [0.29, 0.717) is 21.7 Å². The van der Waals surface area contributed by atoms with Crippen molar-refractivity contribution in [3.8, 4) is 0 Å². The number of benzene rings is 1. The second kappa shape index (κ2) is 5.46. The molecule has 3 rings (SSSR count). The molecular formula is C15H10ClN3O2. The Kier molecular flexibility index (Phi) is 3.50. The molecule has 2 aromatic heterocycles. The maximum atomic E-state index is 12.3. The highest BCUT2D eigenvalue weighted by Crippen LogP contribution is 2.16. The summed E-state index contributed by atoms with van der Waals surface area (Å²) in [4.78, 5) is 28.3. The third-order valence-corrected chi connectivity index (χ3v) is 3.33. The van der Waals surface area contributed by atoms with Gasteiger partial charge >= 0.3 is 0 Å². The van der Waals surface area contributed by atoms with Crippen LogP contribution in [0.25, 0.3) is 5.52 Å². The number of hydrogen-bond donors (Lipinski definition) is 0. The number of halogens is 1. The molecule has 2 heterocycles. The Labute approximate surface area is 125 Å². The van der Waals surface area contributed by atoms with Gasteiger partial charge in [0.15, 0.2) is 11.6 Å². The van der Waals surface area contributed by atoms with Crippen LogP contribution in [0.3, 0.4) is 0 Å². The number of carbonyl (C=O) groups is 2. The quantitative estimate of drug-likeness (QED) is 0.549. The van der Waals surface area contributed by atoms with Crippen LogP contribution in [-0.4, -0.2) is 26.2 Å². The van der Waals surface area contributed by atoms with E-state index < -0.39 is 0 Å². The highest BCUT2D eigenvalue weighted by atomic mass is 35.5. The van der Waals surface area contributed by atoms with Crippen molar-refractivity contribution < 1.29 is 9.59 Å². The van der Waals surface area contributed by atoms with Gasteiger partial charge in [0.2, 0.25) is 0 Å². The van der Waals surface area contributed by atoms with Gasteiger partial charge in [-0.2, -0.15) is 5.10 Å². The smallest absolute Gasteiger partial charge is 0.174 e. The van der Waals surface area contributed by atoms with Gasteiger partial charge < -0.3 is 0 Å². The van der Waals surface area contributed by atoms with E-state index in [9.17, 15) is 9.59 Å². The first-order valence-electron chi connectivity index (χ1n) is 6.24. The molecule has 0 amide bonds. The van der Waals surface area contributed by atoms with Gasteiger partial charge in [0.05, 0.1) is 29.9 Å². The molecule has 0 spiro atoms. The molecule has 0 fully saturated rings. The van der Waals surface area contributed by atoms with Crippen molar-refractivity contribution in [2.24, 2.45) is 0 Å². The molecule has 0 atom stereocenters. The van der Waals surface area contributed by atoms with Gasteiger partial charge in [0.25, 0.3) is 0 Å². The number of aromatic nitrogens is 3. The first-order chi connectivity index (χ1) is 10.1. The average molecular weight is 300 g/mol. The molecular weight excluding hydrogens is 290 g/mol. The second-order valence-electron chi connectivity index (χ2n) is 4.50. The molecule has 6 heteroatoms. The van der Waals surface area contributed by atoms with Crippen LogP contribution < -0.4 is 0 Å². The molecule has 0 aliphatic rings.